The van der Waals surface area contributed by atoms with Crippen LogP contribution in [-0.2, 0) is 9.59 Å². The SMILES string of the molecule is CC(NC1CC(=O)N(C(C)C)C1=O)c1nccs1. The first kappa shape index (κ1) is 13.2. The van der Waals surface area contributed by atoms with Gasteiger partial charge >= 0.3 is 0 Å². The molecule has 2 atom stereocenters. The van der Waals surface area contributed by atoms with E-state index in [1.165, 1.54) is 4.90 Å². The first-order valence-electron chi connectivity index (χ1n) is 6.02. The number of likely N-dealkylation sites (tertiary alicyclic amines) is 1. The average molecular weight is 267 g/mol. The molecule has 1 N–H and O–H groups in total. The molecule has 6 heteroatoms. The fraction of sp³-hybridized carbons (Fsp3) is 0.583. The summed E-state index contributed by atoms with van der Waals surface area (Å²) < 4.78 is 0. The molecule has 1 saturated heterocycles. The standard InChI is InChI=1S/C12H17N3O2S/c1-7(2)15-10(16)6-9(12(15)17)14-8(3)11-13-4-5-18-11/h4-5,7-9,14H,6H2,1-3H3. The zero-order valence-corrected chi connectivity index (χ0v) is 11.5. The van der Waals surface area contributed by atoms with Crippen molar-refractivity contribution in [1.82, 2.24) is 15.2 Å². The van der Waals surface area contributed by atoms with E-state index in [1.807, 2.05) is 26.2 Å². The van der Waals surface area contributed by atoms with Crippen molar-refractivity contribution < 1.29 is 9.59 Å². The molecule has 1 aliphatic rings. The van der Waals surface area contributed by atoms with E-state index >= 15 is 0 Å². The number of imide groups is 1. The maximum absolute atomic E-state index is 12.1. The normalized spacial score (nSPS) is 22.0. The van der Waals surface area contributed by atoms with Crippen molar-refractivity contribution in [3.8, 4) is 0 Å². The summed E-state index contributed by atoms with van der Waals surface area (Å²) in [7, 11) is 0. The van der Waals surface area contributed by atoms with Crippen LogP contribution in [0.5, 0.6) is 0 Å². The van der Waals surface area contributed by atoms with Gasteiger partial charge in [0.1, 0.15) is 5.01 Å². The maximum Gasteiger partial charge on any atom is 0.247 e. The zero-order valence-electron chi connectivity index (χ0n) is 10.7. The number of carbonyl (C=O) groups excluding carboxylic acids is 2. The van der Waals surface area contributed by atoms with E-state index in [0.29, 0.717) is 0 Å². The van der Waals surface area contributed by atoms with Gasteiger partial charge in [-0.2, -0.15) is 0 Å². The predicted octanol–water partition coefficient (Wildman–Crippen LogP) is 1.33. The summed E-state index contributed by atoms with van der Waals surface area (Å²) in [5.74, 6) is -0.225. The predicted molar refractivity (Wildman–Crippen MR) is 69.1 cm³/mol. The van der Waals surface area contributed by atoms with Crippen molar-refractivity contribution >= 4 is 23.2 Å². The number of thiazole rings is 1. The van der Waals surface area contributed by atoms with Gasteiger partial charge in [-0.05, 0) is 20.8 Å². The van der Waals surface area contributed by atoms with E-state index in [1.54, 1.807) is 17.5 Å². The zero-order chi connectivity index (χ0) is 13.3. The molecule has 98 valence electrons. The van der Waals surface area contributed by atoms with Crippen LogP contribution in [-0.4, -0.2) is 33.8 Å². The summed E-state index contributed by atoms with van der Waals surface area (Å²) in [6.45, 7) is 5.65. The Morgan fingerprint density at radius 3 is 2.67 bits per heavy atom. The summed E-state index contributed by atoms with van der Waals surface area (Å²) in [5, 5.41) is 6.01. The Labute approximate surface area is 110 Å². The summed E-state index contributed by atoms with van der Waals surface area (Å²) in [6, 6.07) is -0.510. The minimum absolute atomic E-state index is 0.0149. The van der Waals surface area contributed by atoms with Gasteiger partial charge < -0.3 is 0 Å². The van der Waals surface area contributed by atoms with Crippen LogP contribution in [0.15, 0.2) is 11.6 Å². The van der Waals surface area contributed by atoms with Crippen LogP contribution in [0.25, 0.3) is 0 Å². The van der Waals surface area contributed by atoms with Crippen LogP contribution in [0.2, 0.25) is 0 Å². The van der Waals surface area contributed by atoms with Crippen LogP contribution in [0, 0.1) is 0 Å². The Morgan fingerprint density at radius 1 is 1.44 bits per heavy atom. The fourth-order valence-corrected chi connectivity index (χ4v) is 2.80. The van der Waals surface area contributed by atoms with Crippen molar-refractivity contribution in [2.75, 3.05) is 0 Å². The monoisotopic (exact) mass is 267 g/mol. The van der Waals surface area contributed by atoms with Crippen LogP contribution >= 0.6 is 11.3 Å². The van der Waals surface area contributed by atoms with Crippen molar-refractivity contribution in [1.29, 1.82) is 0 Å². The maximum atomic E-state index is 12.1. The van der Waals surface area contributed by atoms with Crippen LogP contribution in [0.3, 0.4) is 0 Å². The Morgan fingerprint density at radius 2 is 2.17 bits per heavy atom. The highest BCUT2D eigenvalue weighted by Crippen LogP contribution is 2.21. The Bertz CT molecular complexity index is 444. The summed E-state index contributed by atoms with van der Waals surface area (Å²) in [4.78, 5) is 29.4. The summed E-state index contributed by atoms with van der Waals surface area (Å²) in [6.07, 6.45) is 1.98. The van der Waals surface area contributed by atoms with Crippen molar-refractivity contribution in [2.45, 2.75) is 45.3 Å². The molecule has 1 aliphatic heterocycles. The highest BCUT2D eigenvalue weighted by molar-refractivity contribution is 7.09. The number of nitrogens with zero attached hydrogens (tertiary/aromatic N) is 2. The molecule has 2 heterocycles. The number of hydrogen-bond donors (Lipinski definition) is 1. The van der Waals surface area contributed by atoms with E-state index in [4.69, 9.17) is 0 Å². The largest absolute Gasteiger partial charge is 0.297 e. The molecule has 0 bridgehead atoms. The fourth-order valence-electron chi connectivity index (χ4n) is 2.15. The first-order chi connectivity index (χ1) is 8.50. The van der Waals surface area contributed by atoms with Gasteiger partial charge in [-0.25, -0.2) is 4.98 Å². The van der Waals surface area contributed by atoms with Gasteiger partial charge in [-0.1, -0.05) is 0 Å². The lowest BCUT2D eigenvalue weighted by molar-refractivity contribution is -0.140. The van der Waals surface area contributed by atoms with Gasteiger partial charge in [-0.15, -0.1) is 11.3 Å². The van der Waals surface area contributed by atoms with E-state index < -0.39 is 6.04 Å². The molecule has 1 fully saturated rings. The summed E-state index contributed by atoms with van der Waals surface area (Å²) in [5.41, 5.74) is 0. The minimum atomic E-state index is -0.418. The number of aromatic nitrogens is 1. The van der Waals surface area contributed by atoms with Gasteiger partial charge in [0, 0.05) is 17.6 Å². The van der Waals surface area contributed by atoms with Crippen molar-refractivity contribution in [2.24, 2.45) is 0 Å². The van der Waals surface area contributed by atoms with Gasteiger partial charge in [0.05, 0.1) is 18.5 Å². The smallest absolute Gasteiger partial charge is 0.247 e. The second-order valence-electron chi connectivity index (χ2n) is 4.71. The van der Waals surface area contributed by atoms with Gasteiger partial charge in [0.2, 0.25) is 11.8 Å². The molecule has 0 aliphatic carbocycles. The molecule has 0 radical (unpaired) electrons. The Hall–Kier alpha value is -1.27. The molecule has 5 nitrogen and oxygen atoms in total. The highest BCUT2D eigenvalue weighted by Gasteiger charge is 2.40. The molecular formula is C12H17N3O2S. The van der Waals surface area contributed by atoms with E-state index in [-0.39, 0.29) is 30.3 Å². The number of hydrogen-bond acceptors (Lipinski definition) is 5. The third-order valence-electron chi connectivity index (χ3n) is 2.97. The molecule has 2 amide bonds. The minimum Gasteiger partial charge on any atom is -0.297 e. The quantitative estimate of drug-likeness (QED) is 0.836. The Kier molecular flexibility index (Phi) is 3.77. The van der Waals surface area contributed by atoms with Crippen molar-refractivity contribution in [3.05, 3.63) is 16.6 Å². The second-order valence-corrected chi connectivity index (χ2v) is 5.64. The number of nitrogens with one attached hydrogen (secondary N) is 1. The topological polar surface area (TPSA) is 62.3 Å². The molecule has 1 aromatic rings. The van der Waals surface area contributed by atoms with Crippen molar-refractivity contribution in [3.63, 3.8) is 0 Å². The highest BCUT2D eigenvalue weighted by atomic mass is 32.1. The van der Waals surface area contributed by atoms with Gasteiger partial charge in [0.25, 0.3) is 0 Å². The first-order valence-corrected chi connectivity index (χ1v) is 6.90. The van der Waals surface area contributed by atoms with E-state index in [9.17, 15) is 9.59 Å². The number of carbonyl (C=O) groups is 2. The van der Waals surface area contributed by atoms with E-state index in [0.717, 1.165) is 5.01 Å². The van der Waals surface area contributed by atoms with Crippen LogP contribution in [0.4, 0.5) is 0 Å². The third kappa shape index (κ3) is 2.44. The molecule has 2 unspecified atom stereocenters. The number of rotatable bonds is 4. The van der Waals surface area contributed by atoms with Gasteiger partial charge in [0.15, 0.2) is 0 Å². The summed E-state index contributed by atoms with van der Waals surface area (Å²) >= 11 is 1.54. The number of amides is 2. The third-order valence-corrected chi connectivity index (χ3v) is 3.93. The molecule has 1 aromatic heterocycles. The average Bonchev–Trinajstić information content (AvgIpc) is 2.88. The van der Waals surface area contributed by atoms with Gasteiger partial charge in [-0.3, -0.25) is 19.8 Å². The Balaban J connectivity index is 2.03. The van der Waals surface area contributed by atoms with E-state index in [2.05, 4.69) is 10.3 Å². The molecule has 0 aromatic carbocycles. The molecule has 18 heavy (non-hydrogen) atoms. The van der Waals surface area contributed by atoms with Crippen LogP contribution < -0.4 is 5.32 Å². The molecule has 2 rings (SSSR count). The molecule has 0 saturated carbocycles. The lowest BCUT2D eigenvalue weighted by Gasteiger charge is -2.20. The van der Waals surface area contributed by atoms with Crippen LogP contribution in [0.1, 0.15) is 38.2 Å². The second kappa shape index (κ2) is 5.16. The lowest BCUT2D eigenvalue weighted by Crippen LogP contribution is -2.42. The lowest BCUT2D eigenvalue weighted by atomic mass is 10.2. The molecular weight excluding hydrogens is 250 g/mol. The molecule has 0 spiro atoms.